The van der Waals surface area contributed by atoms with Crippen LogP contribution in [0.15, 0.2) is 47.6 Å². The first kappa shape index (κ1) is 18.9. The molecule has 10 heteroatoms. The van der Waals surface area contributed by atoms with Gasteiger partial charge in [-0.3, -0.25) is 0 Å². The van der Waals surface area contributed by atoms with Gasteiger partial charge in [0.25, 0.3) is 0 Å². The molecule has 0 saturated carbocycles. The zero-order valence-electron chi connectivity index (χ0n) is 15.4. The van der Waals surface area contributed by atoms with Gasteiger partial charge in [-0.15, -0.1) is 5.10 Å². The number of aromatic nitrogens is 4. The lowest BCUT2D eigenvalue weighted by Gasteiger charge is -2.07. The summed E-state index contributed by atoms with van der Waals surface area (Å²) in [6, 6.07) is 10.1. The van der Waals surface area contributed by atoms with Gasteiger partial charge in [-0.05, 0) is 42.8 Å². The Hall–Kier alpha value is -3.40. The molecule has 2 N–H and O–H groups in total. The summed E-state index contributed by atoms with van der Waals surface area (Å²) >= 11 is 0. The lowest BCUT2D eigenvalue weighted by atomic mass is 10.1. The molecule has 4 rings (SSSR count). The summed E-state index contributed by atoms with van der Waals surface area (Å²) in [5, 5.41) is 3.87. The highest BCUT2D eigenvalue weighted by molar-refractivity contribution is 7.90. The van der Waals surface area contributed by atoms with Crippen molar-refractivity contribution in [2.75, 3.05) is 12.0 Å². The van der Waals surface area contributed by atoms with Crippen LogP contribution < -0.4 is 5.73 Å². The van der Waals surface area contributed by atoms with E-state index < -0.39 is 26.6 Å². The van der Waals surface area contributed by atoms with Gasteiger partial charge in [0.1, 0.15) is 17.5 Å². The summed E-state index contributed by atoms with van der Waals surface area (Å²) in [7, 11) is -3.85. The number of nitrogen functional groups attached to an aromatic ring is 1. The Bertz CT molecular complexity index is 1380. The third-order valence-corrected chi connectivity index (χ3v) is 5.16. The smallest absolute Gasteiger partial charge is 0.249 e. The second kappa shape index (κ2) is 6.59. The minimum Gasteiger partial charge on any atom is -0.383 e. The molecule has 148 valence electrons. The van der Waals surface area contributed by atoms with E-state index >= 15 is 0 Å². The molecule has 0 fully saturated rings. The molecule has 0 spiro atoms. The highest BCUT2D eigenvalue weighted by Gasteiger charge is 2.24. The van der Waals surface area contributed by atoms with Crippen LogP contribution in [0.25, 0.3) is 28.0 Å². The first-order valence-electron chi connectivity index (χ1n) is 8.44. The Morgan fingerprint density at radius 2 is 1.83 bits per heavy atom. The van der Waals surface area contributed by atoms with Gasteiger partial charge >= 0.3 is 0 Å². The van der Waals surface area contributed by atoms with E-state index in [-0.39, 0.29) is 28.1 Å². The van der Waals surface area contributed by atoms with Crippen molar-refractivity contribution in [2.45, 2.75) is 12.1 Å². The third kappa shape index (κ3) is 3.31. The lowest BCUT2D eigenvalue weighted by Crippen LogP contribution is -2.06. The van der Waals surface area contributed by atoms with E-state index in [2.05, 4.69) is 15.1 Å². The van der Waals surface area contributed by atoms with E-state index in [4.69, 9.17) is 5.73 Å². The number of nitrogens with zero attached hydrogens (tertiary/aromatic N) is 4. The Morgan fingerprint density at radius 3 is 2.52 bits per heavy atom. The highest BCUT2D eigenvalue weighted by atomic mass is 32.2. The number of benzene rings is 2. The number of rotatable bonds is 3. The van der Waals surface area contributed by atoms with Gasteiger partial charge in [-0.2, -0.15) is 4.98 Å². The molecule has 2 aromatic carbocycles. The van der Waals surface area contributed by atoms with E-state index in [1.165, 1.54) is 4.68 Å². The summed E-state index contributed by atoms with van der Waals surface area (Å²) in [5.41, 5.74) is 7.38. The zero-order chi connectivity index (χ0) is 20.9. The Kier molecular flexibility index (Phi) is 4.30. The van der Waals surface area contributed by atoms with Crippen molar-refractivity contribution in [1.29, 1.82) is 0 Å². The molecule has 2 heterocycles. The number of halogens is 2. The molecule has 0 aliphatic rings. The van der Waals surface area contributed by atoms with Crippen LogP contribution in [0.3, 0.4) is 0 Å². The average Bonchev–Trinajstić information content (AvgIpc) is 2.99. The molecular weight excluding hydrogens is 400 g/mol. The molecule has 4 aromatic rings. The predicted octanol–water partition coefficient (Wildman–Crippen LogP) is 3.05. The van der Waals surface area contributed by atoms with Crippen LogP contribution in [-0.4, -0.2) is 34.4 Å². The number of hydrogen-bond acceptors (Lipinski definition) is 6. The van der Waals surface area contributed by atoms with Gasteiger partial charge in [0, 0.05) is 11.8 Å². The van der Waals surface area contributed by atoms with Crippen LogP contribution in [0.5, 0.6) is 0 Å². The van der Waals surface area contributed by atoms with E-state index in [0.29, 0.717) is 5.69 Å². The molecule has 0 aliphatic heterocycles. The van der Waals surface area contributed by atoms with Crippen molar-refractivity contribution < 1.29 is 17.2 Å². The fourth-order valence-corrected chi connectivity index (χ4v) is 3.50. The van der Waals surface area contributed by atoms with Gasteiger partial charge in [0.05, 0.1) is 16.8 Å². The monoisotopic (exact) mass is 415 g/mol. The topological polar surface area (TPSA) is 104 Å². The Balaban J connectivity index is 2.12. The van der Waals surface area contributed by atoms with Gasteiger partial charge < -0.3 is 5.73 Å². The zero-order valence-corrected chi connectivity index (χ0v) is 16.2. The first-order chi connectivity index (χ1) is 13.6. The molecule has 7 nitrogen and oxygen atoms in total. The van der Waals surface area contributed by atoms with E-state index in [0.717, 1.165) is 30.0 Å². The van der Waals surface area contributed by atoms with Gasteiger partial charge in [0.15, 0.2) is 5.65 Å². The van der Waals surface area contributed by atoms with Crippen molar-refractivity contribution >= 4 is 26.7 Å². The van der Waals surface area contributed by atoms with Gasteiger partial charge in [-0.1, -0.05) is 12.1 Å². The molecule has 0 unspecified atom stereocenters. The molecule has 0 aliphatic carbocycles. The number of anilines is 1. The molecule has 0 saturated heterocycles. The second-order valence-corrected chi connectivity index (χ2v) is 8.50. The summed E-state index contributed by atoms with van der Waals surface area (Å²) in [6.45, 7) is 1.89. The maximum absolute atomic E-state index is 14.5. The average molecular weight is 415 g/mol. The molecular formula is C19H15F2N5O2S. The third-order valence-electron chi connectivity index (χ3n) is 4.31. The minimum atomic E-state index is -3.85. The SMILES string of the molecule is Cc1cccc(-n2nc3nc(S(C)(=O)=O)nc(-c4cc(F)ccc4F)c3c2N)c1. The van der Waals surface area contributed by atoms with Gasteiger partial charge in [0.2, 0.25) is 15.0 Å². The van der Waals surface area contributed by atoms with Crippen molar-refractivity contribution in [3.63, 3.8) is 0 Å². The molecule has 0 bridgehead atoms. The summed E-state index contributed by atoms with van der Waals surface area (Å²) in [6.07, 6.45) is 0.917. The summed E-state index contributed by atoms with van der Waals surface area (Å²) in [5.74, 6) is -1.42. The van der Waals surface area contributed by atoms with Crippen molar-refractivity contribution in [3.05, 3.63) is 59.7 Å². The second-order valence-electron chi connectivity index (χ2n) is 6.59. The van der Waals surface area contributed by atoms with Crippen LogP contribution >= 0.6 is 0 Å². The molecule has 0 amide bonds. The maximum atomic E-state index is 14.5. The quantitative estimate of drug-likeness (QED) is 0.516. The van der Waals surface area contributed by atoms with E-state index in [1.54, 1.807) is 12.1 Å². The number of fused-ring (bicyclic) bond motifs is 1. The van der Waals surface area contributed by atoms with E-state index in [1.807, 2.05) is 19.1 Å². The number of sulfone groups is 1. The van der Waals surface area contributed by atoms with Crippen LogP contribution in [0.1, 0.15) is 5.56 Å². The van der Waals surface area contributed by atoms with Crippen LogP contribution in [0, 0.1) is 18.6 Å². The van der Waals surface area contributed by atoms with Crippen molar-refractivity contribution in [1.82, 2.24) is 19.7 Å². The minimum absolute atomic E-state index is 0.0434. The Labute approximate surface area is 164 Å². The number of aryl methyl sites for hydroxylation is 1. The fraction of sp³-hybridized carbons (Fsp3) is 0.105. The number of nitrogens with two attached hydrogens (primary N) is 1. The maximum Gasteiger partial charge on any atom is 0.249 e. The van der Waals surface area contributed by atoms with Gasteiger partial charge in [-0.25, -0.2) is 26.9 Å². The molecule has 2 aromatic heterocycles. The molecule has 0 atom stereocenters. The van der Waals surface area contributed by atoms with Crippen LogP contribution in [-0.2, 0) is 9.84 Å². The number of hydrogen-bond donors (Lipinski definition) is 1. The van der Waals surface area contributed by atoms with Crippen molar-refractivity contribution in [3.8, 4) is 16.9 Å². The van der Waals surface area contributed by atoms with E-state index in [9.17, 15) is 17.2 Å². The normalized spacial score (nSPS) is 11.9. The Morgan fingerprint density at radius 1 is 1.07 bits per heavy atom. The molecule has 29 heavy (non-hydrogen) atoms. The highest BCUT2D eigenvalue weighted by Crippen LogP contribution is 2.34. The van der Waals surface area contributed by atoms with Crippen LogP contribution in [0.4, 0.5) is 14.6 Å². The predicted molar refractivity (Wildman–Crippen MR) is 104 cm³/mol. The standard InChI is InChI=1S/C19H15F2N5O2S/c1-10-4-3-5-12(8-10)26-17(22)15-16(13-9-11(20)6-7-14(13)21)23-19(29(2,27)28)24-18(15)25-26/h3-9H,22H2,1-2H3. The largest absolute Gasteiger partial charge is 0.383 e. The lowest BCUT2D eigenvalue weighted by molar-refractivity contribution is 0.592. The van der Waals surface area contributed by atoms with Crippen molar-refractivity contribution in [2.24, 2.45) is 0 Å². The van der Waals surface area contributed by atoms with Crippen LogP contribution in [0.2, 0.25) is 0 Å². The fourth-order valence-electron chi connectivity index (χ4n) is 2.99. The first-order valence-corrected chi connectivity index (χ1v) is 10.3. The summed E-state index contributed by atoms with van der Waals surface area (Å²) < 4.78 is 53.8. The summed E-state index contributed by atoms with van der Waals surface area (Å²) in [4.78, 5) is 7.98. The molecule has 0 radical (unpaired) electrons.